The maximum Gasteiger partial charge on any atom is 0.204 e. The zero-order valence-corrected chi connectivity index (χ0v) is 22.1. The van der Waals surface area contributed by atoms with E-state index in [4.69, 9.17) is 14.2 Å². The first-order valence-electron chi connectivity index (χ1n) is 13.8. The normalized spacial score (nSPS) is 12.5. The molecule has 0 rings (SSSR count). The smallest absolute Gasteiger partial charge is 0.204 e. The van der Waals surface area contributed by atoms with Gasteiger partial charge < -0.3 is 29.5 Å². The fraction of sp³-hybridized carbons (Fsp3) is 1.00. The number of unbranched alkanes of at least 4 members (excludes halogenated alkanes) is 12. The molecule has 0 atom stereocenters. The molecule has 0 aliphatic rings. The fourth-order valence-electron chi connectivity index (χ4n) is 4.00. The van der Waals surface area contributed by atoms with E-state index in [9.17, 15) is 15.3 Å². The Hall–Kier alpha value is -0.240. The van der Waals surface area contributed by atoms with Crippen LogP contribution in [0.15, 0.2) is 0 Å². The Kier molecular flexibility index (Phi) is 22.1. The van der Waals surface area contributed by atoms with Gasteiger partial charge in [-0.1, -0.05) is 97.8 Å². The molecule has 0 aliphatic heterocycles. The SMILES string of the molecule is CCCCCCCOCC(OCCCCCCC)(OCCCCCCC)C(CO)(CO)CO. The van der Waals surface area contributed by atoms with Crippen LogP contribution in [-0.2, 0) is 14.2 Å². The third-order valence-electron chi connectivity index (χ3n) is 6.57. The molecule has 0 amide bonds. The predicted octanol–water partition coefficient (Wildman–Crippen LogP) is 5.61. The lowest BCUT2D eigenvalue weighted by Crippen LogP contribution is -2.61. The summed E-state index contributed by atoms with van der Waals surface area (Å²) in [5.74, 6) is -1.37. The van der Waals surface area contributed by atoms with Crippen LogP contribution in [0.1, 0.15) is 117 Å². The molecule has 0 saturated heterocycles. The van der Waals surface area contributed by atoms with Crippen LogP contribution in [0.3, 0.4) is 0 Å². The van der Waals surface area contributed by atoms with E-state index in [2.05, 4.69) is 20.8 Å². The van der Waals surface area contributed by atoms with Crippen molar-refractivity contribution in [2.45, 2.75) is 123 Å². The molecule has 200 valence electrons. The lowest BCUT2D eigenvalue weighted by Gasteiger charge is -2.46. The molecule has 6 heteroatoms. The molecule has 0 spiro atoms. The van der Waals surface area contributed by atoms with Crippen LogP contribution in [0, 0.1) is 5.41 Å². The molecule has 0 radical (unpaired) electrons. The minimum absolute atomic E-state index is 0.0897. The Labute approximate surface area is 204 Å². The van der Waals surface area contributed by atoms with Crippen LogP contribution in [0.2, 0.25) is 0 Å². The third-order valence-corrected chi connectivity index (χ3v) is 6.57. The number of hydrogen-bond donors (Lipinski definition) is 3. The average Bonchev–Trinajstić information content (AvgIpc) is 2.84. The summed E-state index contributed by atoms with van der Waals surface area (Å²) in [6.45, 7) is 6.81. The van der Waals surface area contributed by atoms with E-state index in [1.54, 1.807) is 0 Å². The van der Waals surface area contributed by atoms with Gasteiger partial charge in [0.25, 0.3) is 0 Å². The first-order chi connectivity index (χ1) is 16.1. The van der Waals surface area contributed by atoms with Gasteiger partial charge in [-0.3, -0.25) is 0 Å². The van der Waals surface area contributed by atoms with Crippen molar-refractivity contribution < 1.29 is 29.5 Å². The van der Waals surface area contributed by atoms with Gasteiger partial charge >= 0.3 is 0 Å². The Bertz CT molecular complexity index is 376. The molecule has 0 heterocycles. The second-order valence-corrected chi connectivity index (χ2v) is 9.50. The van der Waals surface area contributed by atoms with E-state index in [1.807, 2.05) is 0 Å². The Morgan fingerprint density at radius 3 is 1.21 bits per heavy atom. The van der Waals surface area contributed by atoms with Crippen LogP contribution >= 0.6 is 0 Å². The van der Waals surface area contributed by atoms with Crippen molar-refractivity contribution in [3.05, 3.63) is 0 Å². The van der Waals surface area contributed by atoms with Crippen molar-refractivity contribution in [3.63, 3.8) is 0 Å². The van der Waals surface area contributed by atoms with Crippen molar-refractivity contribution >= 4 is 0 Å². The van der Waals surface area contributed by atoms with Crippen LogP contribution < -0.4 is 0 Å². The van der Waals surface area contributed by atoms with E-state index in [-0.39, 0.29) is 6.61 Å². The summed E-state index contributed by atoms with van der Waals surface area (Å²) in [7, 11) is 0. The number of ether oxygens (including phenoxy) is 3. The van der Waals surface area contributed by atoms with Gasteiger partial charge in [0.1, 0.15) is 6.61 Å². The summed E-state index contributed by atoms with van der Waals surface area (Å²) in [4.78, 5) is 0. The molecule has 0 aromatic rings. The molecule has 0 saturated carbocycles. The highest BCUT2D eigenvalue weighted by Crippen LogP contribution is 2.37. The van der Waals surface area contributed by atoms with E-state index in [1.165, 1.54) is 44.9 Å². The molecule has 0 fully saturated rings. The van der Waals surface area contributed by atoms with Gasteiger partial charge in [0.05, 0.1) is 38.4 Å². The van der Waals surface area contributed by atoms with Gasteiger partial charge in [0.15, 0.2) is 0 Å². The van der Waals surface area contributed by atoms with Crippen LogP contribution in [0.4, 0.5) is 0 Å². The number of aliphatic hydroxyl groups excluding tert-OH is 3. The van der Waals surface area contributed by atoms with E-state index < -0.39 is 31.0 Å². The van der Waals surface area contributed by atoms with Gasteiger partial charge in [0, 0.05) is 6.61 Å². The maximum atomic E-state index is 10.2. The third kappa shape index (κ3) is 13.4. The lowest BCUT2D eigenvalue weighted by molar-refractivity contribution is -0.338. The average molecular weight is 477 g/mol. The van der Waals surface area contributed by atoms with Crippen LogP contribution in [-0.4, -0.2) is 67.4 Å². The minimum atomic E-state index is -1.37. The van der Waals surface area contributed by atoms with Crippen LogP contribution in [0.25, 0.3) is 0 Å². The van der Waals surface area contributed by atoms with Gasteiger partial charge in [0.2, 0.25) is 5.79 Å². The van der Waals surface area contributed by atoms with Gasteiger partial charge in [-0.2, -0.15) is 0 Å². The maximum absolute atomic E-state index is 10.2. The monoisotopic (exact) mass is 476 g/mol. The van der Waals surface area contributed by atoms with E-state index >= 15 is 0 Å². The molecule has 0 bridgehead atoms. The molecular weight excluding hydrogens is 420 g/mol. The topological polar surface area (TPSA) is 88.4 Å². The fourth-order valence-corrected chi connectivity index (χ4v) is 4.00. The minimum Gasteiger partial charge on any atom is -0.395 e. The zero-order valence-electron chi connectivity index (χ0n) is 22.1. The summed E-state index contributed by atoms with van der Waals surface area (Å²) in [5, 5.41) is 30.7. The Morgan fingerprint density at radius 1 is 0.485 bits per heavy atom. The summed E-state index contributed by atoms with van der Waals surface area (Å²) >= 11 is 0. The predicted molar refractivity (Wildman–Crippen MR) is 135 cm³/mol. The summed E-state index contributed by atoms with van der Waals surface area (Å²) in [5.41, 5.74) is -1.33. The van der Waals surface area contributed by atoms with Crippen molar-refractivity contribution in [3.8, 4) is 0 Å². The number of rotatable bonds is 26. The molecule has 3 N–H and O–H groups in total. The molecule has 6 nitrogen and oxygen atoms in total. The zero-order chi connectivity index (χ0) is 24.7. The standard InChI is InChI=1S/C27H56O6/c1-4-7-10-13-16-19-31-25-27(26(22-28,23-29)24-30,32-20-17-14-11-8-5-2)33-21-18-15-12-9-6-3/h28-30H,4-25H2,1-3H3. The summed E-state index contributed by atoms with van der Waals surface area (Å²) in [6, 6.07) is 0. The van der Waals surface area contributed by atoms with E-state index in [0.717, 1.165) is 51.4 Å². The molecule has 0 unspecified atom stereocenters. The number of aliphatic hydroxyl groups is 3. The highest BCUT2D eigenvalue weighted by molar-refractivity contribution is 4.94. The number of hydrogen-bond acceptors (Lipinski definition) is 6. The summed E-state index contributed by atoms with van der Waals surface area (Å²) < 4.78 is 18.6. The van der Waals surface area contributed by atoms with Gasteiger partial charge in [-0.25, -0.2) is 0 Å². The summed E-state index contributed by atoms with van der Waals surface area (Å²) in [6.07, 6.45) is 16.6. The highest BCUT2D eigenvalue weighted by Gasteiger charge is 2.53. The second-order valence-electron chi connectivity index (χ2n) is 9.50. The van der Waals surface area contributed by atoms with E-state index in [0.29, 0.717) is 19.8 Å². The largest absolute Gasteiger partial charge is 0.395 e. The lowest BCUT2D eigenvalue weighted by atomic mass is 9.81. The van der Waals surface area contributed by atoms with Gasteiger partial charge in [-0.05, 0) is 19.3 Å². The molecule has 0 aliphatic carbocycles. The van der Waals surface area contributed by atoms with Crippen molar-refractivity contribution in [1.82, 2.24) is 0 Å². The van der Waals surface area contributed by atoms with Crippen LogP contribution in [0.5, 0.6) is 0 Å². The molecule has 33 heavy (non-hydrogen) atoms. The first kappa shape index (κ1) is 32.8. The molecule has 0 aromatic carbocycles. The molecular formula is C27H56O6. The Balaban J connectivity index is 5.19. The highest BCUT2D eigenvalue weighted by atomic mass is 16.7. The van der Waals surface area contributed by atoms with Crippen molar-refractivity contribution in [2.24, 2.45) is 5.41 Å². The van der Waals surface area contributed by atoms with Crippen molar-refractivity contribution in [1.29, 1.82) is 0 Å². The quantitative estimate of drug-likeness (QED) is 0.111. The van der Waals surface area contributed by atoms with Gasteiger partial charge in [-0.15, -0.1) is 0 Å². The first-order valence-corrected chi connectivity index (χ1v) is 13.8. The Morgan fingerprint density at radius 2 is 0.848 bits per heavy atom. The molecule has 0 aromatic heterocycles. The van der Waals surface area contributed by atoms with Crippen molar-refractivity contribution in [2.75, 3.05) is 46.2 Å². The second kappa shape index (κ2) is 22.2.